The Kier molecular flexibility index (Phi) is 2.89. The van der Waals surface area contributed by atoms with Gasteiger partial charge >= 0.3 is 12.1 Å². The molecular formula is C10H6F3N3O3. The van der Waals surface area contributed by atoms with E-state index in [0.717, 1.165) is 6.07 Å². The van der Waals surface area contributed by atoms with E-state index >= 15 is 0 Å². The average Bonchev–Trinajstić information content (AvgIpc) is 2.68. The summed E-state index contributed by atoms with van der Waals surface area (Å²) in [6.07, 6.45) is -3.82. The van der Waals surface area contributed by atoms with Gasteiger partial charge in [-0.1, -0.05) is 0 Å². The quantitative estimate of drug-likeness (QED) is 0.864. The molecule has 19 heavy (non-hydrogen) atoms. The molecule has 2 heterocycles. The summed E-state index contributed by atoms with van der Waals surface area (Å²) in [5, 5.41) is 1.87. The first-order chi connectivity index (χ1) is 8.77. The highest BCUT2D eigenvalue weighted by atomic mass is 19.4. The second-order valence-electron chi connectivity index (χ2n) is 3.53. The van der Waals surface area contributed by atoms with Gasteiger partial charge in [0.15, 0.2) is 0 Å². The Morgan fingerprint density at radius 3 is 2.58 bits per heavy atom. The van der Waals surface area contributed by atoms with Crippen LogP contribution in [0.2, 0.25) is 0 Å². The van der Waals surface area contributed by atoms with Gasteiger partial charge in [-0.15, -0.1) is 0 Å². The fraction of sp³-hybridized carbons (Fsp3) is 0.100. The van der Waals surface area contributed by atoms with Gasteiger partial charge in [0.05, 0.1) is 0 Å². The maximum Gasteiger partial charge on any atom is 0.471 e. The van der Waals surface area contributed by atoms with E-state index in [-0.39, 0.29) is 11.3 Å². The molecule has 0 bridgehead atoms. The minimum Gasteiger partial charge on any atom is -0.440 e. The fourth-order valence-corrected chi connectivity index (χ4v) is 1.31. The molecule has 0 atom stereocenters. The fourth-order valence-electron chi connectivity index (χ4n) is 1.31. The van der Waals surface area contributed by atoms with Crippen molar-refractivity contribution in [2.75, 3.05) is 5.32 Å². The number of aromatic nitrogens is 1. The Morgan fingerprint density at radius 1 is 1.32 bits per heavy atom. The smallest absolute Gasteiger partial charge is 0.440 e. The molecule has 0 saturated carbocycles. The summed E-state index contributed by atoms with van der Waals surface area (Å²) in [4.78, 5) is 25.2. The minimum absolute atomic E-state index is 0.0845. The number of carbonyl (C=O) groups is 2. The van der Waals surface area contributed by atoms with Gasteiger partial charge in [-0.05, 0) is 0 Å². The highest BCUT2D eigenvalue weighted by molar-refractivity contribution is 5.97. The number of nitrogens with zero attached hydrogens (tertiary/aromatic N) is 1. The average molecular weight is 273 g/mol. The van der Waals surface area contributed by atoms with Gasteiger partial charge in [0, 0.05) is 23.7 Å². The Labute approximate surface area is 103 Å². The Bertz CT molecular complexity index is 663. The molecule has 3 N–H and O–H groups in total. The van der Waals surface area contributed by atoms with E-state index < -0.39 is 23.9 Å². The first kappa shape index (κ1) is 12.9. The third-order valence-corrected chi connectivity index (χ3v) is 2.15. The lowest BCUT2D eigenvalue weighted by atomic mass is 10.3. The molecule has 2 amide bonds. The third kappa shape index (κ3) is 2.64. The summed E-state index contributed by atoms with van der Waals surface area (Å²) in [6.45, 7) is 0. The van der Waals surface area contributed by atoms with Crippen LogP contribution in [0.5, 0.6) is 0 Å². The van der Waals surface area contributed by atoms with E-state index in [1.54, 1.807) is 5.32 Å². The van der Waals surface area contributed by atoms with Crippen molar-refractivity contribution in [2.45, 2.75) is 6.18 Å². The summed E-state index contributed by atoms with van der Waals surface area (Å²) in [5.41, 5.74) is 4.97. The molecule has 0 aliphatic rings. The van der Waals surface area contributed by atoms with E-state index in [4.69, 9.17) is 10.2 Å². The molecule has 0 aromatic carbocycles. The van der Waals surface area contributed by atoms with Crippen LogP contribution in [0.25, 0.3) is 11.0 Å². The molecule has 2 aromatic heterocycles. The molecule has 2 rings (SSSR count). The molecule has 0 saturated heterocycles. The molecule has 0 aliphatic carbocycles. The number of amides is 2. The summed E-state index contributed by atoms with van der Waals surface area (Å²) >= 11 is 0. The van der Waals surface area contributed by atoms with Crippen LogP contribution in [0.15, 0.2) is 22.7 Å². The normalized spacial score (nSPS) is 11.5. The number of halogens is 3. The molecule has 9 heteroatoms. The van der Waals surface area contributed by atoms with Crippen LogP contribution in [0.4, 0.5) is 19.1 Å². The number of rotatable bonds is 2. The van der Waals surface area contributed by atoms with Crippen LogP contribution in [0.3, 0.4) is 0 Å². The van der Waals surface area contributed by atoms with Gasteiger partial charge in [-0.25, -0.2) is 0 Å². The summed E-state index contributed by atoms with van der Waals surface area (Å²) < 4.78 is 41.0. The number of hydrogen-bond donors (Lipinski definition) is 2. The van der Waals surface area contributed by atoms with Gasteiger partial charge in [0.2, 0.25) is 5.88 Å². The lowest BCUT2D eigenvalue weighted by Gasteiger charge is -2.04. The second kappa shape index (κ2) is 4.26. The number of pyridine rings is 1. The number of primary amides is 1. The van der Waals surface area contributed by atoms with Gasteiger partial charge < -0.3 is 10.2 Å². The number of hydrogen-bond acceptors (Lipinski definition) is 4. The highest BCUT2D eigenvalue weighted by Gasteiger charge is 2.39. The maximum absolute atomic E-state index is 12.0. The Morgan fingerprint density at radius 2 is 2.00 bits per heavy atom. The zero-order valence-electron chi connectivity index (χ0n) is 9.12. The SMILES string of the molecule is NC(=O)c1cc2oc(NC(=O)C(F)(F)F)cc2cn1. The minimum atomic E-state index is -5.02. The molecule has 2 aromatic rings. The number of furan rings is 1. The largest absolute Gasteiger partial charge is 0.471 e. The topological polar surface area (TPSA) is 98.2 Å². The van der Waals surface area contributed by atoms with Crippen molar-refractivity contribution >= 4 is 28.7 Å². The van der Waals surface area contributed by atoms with Crippen molar-refractivity contribution < 1.29 is 27.2 Å². The lowest BCUT2D eigenvalue weighted by Crippen LogP contribution is -2.29. The first-order valence-electron chi connectivity index (χ1n) is 4.85. The van der Waals surface area contributed by atoms with Crippen LogP contribution in [-0.4, -0.2) is 23.0 Å². The number of anilines is 1. The van der Waals surface area contributed by atoms with Crippen molar-refractivity contribution in [3.63, 3.8) is 0 Å². The number of carbonyl (C=O) groups excluding carboxylic acids is 2. The van der Waals surface area contributed by atoms with E-state index in [2.05, 4.69) is 4.98 Å². The first-order valence-corrected chi connectivity index (χ1v) is 4.85. The Hall–Kier alpha value is -2.58. The third-order valence-electron chi connectivity index (χ3n) is 2.15. The number of nitrogens with two attached hydrogens (primary N) is 1. The predicted molar refractivity (Wildman–Crippen MR) is 57.2 cm³/mol. The molecular weight excluding hydrogens is 267 g/mol. The molecule has 100 valence electrons. The predicted octanol–water partition coefficient (Wildman–Crippen LogP) is 1.43. The zero-order valence-corrected chi connectivity index (χ0v) is 9.12. The van der Waals surface area contributed by atoms with E-state index in [9.17, 15) is 22.8 Å². The van der Waals surface area contributed by atoms with Gasteiger partial charge in [0.25, 0.3) is 5.91 Å². The second-order valence-corrected chi connectivity index (χ2v) is 3.53. The maximum atomic E-state index is 12.0. The van der Waals surface area contributed by atoms with Crippen LogP contribution in [0.1, 0.15) is 10.5 Å². The number of alkyl halides is 3. The summed E-state index contributed by atoms with van der Waals surface area (Å²) in [7, 11) is 0. The van der Waals surface area contributed by atoms with E-state index in [1.807, 2.05) is 0 Å². The van der Waals surface area contributed by atoms with E-state index in [0.29, 0.717) is 5.39 Å². The Balaban J connectivity index is 2.32. The van der Waals surface area contributed by atoms with Crippen molar-refractivity contribution in [2.24, 2.45) is 5.73 Å². The molecule has 0 unspecified atom stereocenters. The number of fused-ring (bicyclic) bond motifs is 1. The molecule has 0 spiro atoms. The van der Waals surface area contributed by atoms with Gasteiger partial charge in [-0.3, -0.25) is 19.9 Å². The van der Waals surface area contributed by atoms with Gasteiger partial charge in [-0.2, -0.15) is 13.2 Å². The molecule has 0 aliphatic heterocycles. The standard InChI is InChI=1S/C10H6F3N3O3/c11-10(12,13)9(18)16-7-1-4-3-15-5(8(14)17)2-6(4)19-7/h1-3H,(H2,14,17)(H,16,18). The molecule has 6 nitrogen and oxygen atoms in total. The van der Waals surface area contributed by atoms with Crippen molar-refractivity contribution in [3.05, 3.63) is 24.0 Å². The molecule has 0 radical (unpaired) electrons. The van der Waals surface area contributed by atoms with Crippen molar-refractivity contribution in [3.8, 4) is 0 Å². The summed E-state index contributed by atoms with van der Waals surface area (Å²) in [6, 6.07) is 2.32. The van der Waals surface area contributed by atoms with Gasteiger partial charge in [0.1, 0.15) is 11.3 Å². The number of nitrogens with one attached hydrogen (secondary N) is 1. The van der Waals surface area contributed by atoms with Crippen LogP contribution in [0, 0.1) is 0 Å². The van der Waals surface area contributed by atoms with Crippen LogP contribution >= 0.6 is 0 Å². The monoisotopic (exact) mass is 273 g/mol. The summed E-state index contributed by atoms with van der Waals surface area (Å²) in [5.74, 6) is -3.37. The van der Waals surface area contributed by atoms with Crippen LogP contribution < -0.4 is 11.1 Å². The van der Waals surface area contributed by atoms with E-state index in [1.165, 1.54) is 12.3 Å². The van der Waals surface area contributed by atoms with Crippen molar-refractivity contribution in [1.29, 1.82) is 0 Å². The highest BCUT2D eigenvalue weighted by Crippen LogP contribution is 2.25. The van der Waals surface area contributed by atoms with Crippen LogP contribution in [-0.2, 0) is 4.79 Å². The van der Waals surface area contributed by atoms with Crippen molar-refractivity contribution in [1.82, 2.24) is 4.98 Å². The lowest BCUT2D eigenvalue weighted by molar-refractivity contribution is -0.167. The molecule has 0 fully saturated rings. The zero-order chi connectivity index (χ0) is 14.2.